The van der Waals surface area contributed by atoms with E-state index in [0.29, 0.717) is 17.1 Å². The molecule has 2 heterocycles. The van der Waals surface area contributed by atoms with E-state index in [2.05, 4.69) is 20.4 Å². The predicted octanol–water partition coefficient (Wildman–Crippen LogP) is 2.35. The van der Waals surface area contributed by atoms with Gasteiger partial charge in [-0.3, -0.25) is 9.48 Å². The molecule has 3 N–H and O–H groups in total. The smallest absolute Gasteiger partial charge is 0.251 e. The number of anilines is 1. The molecule has 0 saturated heterocycles. The highest BCUT2D eigenvalue weighted by Crippen LogP contribution is 2.23. The topological polar surface area (TPSA) is 108 Å². The molecule has 0 bridgehead atoms. The zero-order valence-electron chi connectivity index (χ0n) is 15.5. The van der Waals surface area contributed by atoms with E-state index in [1.807, 2.05) is 26.1 Å². The van der Waals surface area contributed by atoms with Crippen molar-refractivity contribution in [2.75, 3.05) is 12.8 Å². The number of methoxy groups -OCH3 is 1. The normalized spacial score (nSPS) is 11.8. The van der Waals surface area contributed by atoms with Gasteiger partial charge < -0.3 is 15.8 Å². The van der Waals surface area contributed by atoms with E-state index >= 15 is 0 Å². The second-order valence-corrected chi connectivity index (χ2v) is 6.05. The fraction of sp³-hybridized carbons (Fsp3) is 0.263. The quantitative estimate of drug-likeness (QED) is 0.693. The van der Waals surface area contributed by atoms with Crippen LogP contribution in [0.4, 0.5) is 5.95 Å². The van der Waals surface area contributed by atoms with Crippen molar-refractivity contribution in [2.24, 2.45) is 7.05 Å². The first kappa shape index (κ1) is 18.4. The van der Waals surface area contributed by atoms with Crippen LogP contribution in [0.1, 0.15) is 35.4 Å². The number of nitrogens with two attached hydrogens (primary N) is 1. The molecule has 0 aliphatic heterocycles. The number of carbonyl (C=O) groups is 1. The molecule has 2 aromatic heterocycles. The molecular formula is C19H22N6O2. The number of benzene rings is 1. The maximum atomic E-state index is 12.8. The number of nitrogens with zero attached hydrogens (tertiary/aromatic N) is 4. The first-order valence-corrected chi connectivity index (χ1v) is 8.59. The summed E-state index contributed by atoms with van der Waals surface area (Å²) in [5.74, 6) is 0.315. The van der Waals surface area contributed by atoms with E-state index in [0.717, 1.165) is 17.7 Å². The summed E-state index contributed by atoms with van der Waals surface area (Å²) in [5, 5.41) is 7.23. The zero-order chi connectivity index (χ0) is 19.4. The lowest BCUT2D eigenvalue weighted by atomic mass is 10.1. The van der Waals surface area contributed by atoms with Crippen molar-refractivity contribution in [3.8, 4) is 17.1 Å². The van der Waals surface area contributed by atoms with E-state index in [4.69, 9.17) is 10.5 Å². The van der Waals surface area contributed by atoms with Crippen LogP contribution >= 0.6 is 0 Å². The van der Waals surface area contributed by atoms with Crippen LogP contribution in [0.15, 0.2) is 42.6 Å². The molecule has 0 fully saturated rings. The molecule has 140 valence electrons. The number of nitrogens with one attached hydrogen (secondary N) is 1. The van der Waals surface area contributed by atoms with Crippen LogP contribution < -0.4 is 15.8 Å². The summed E-state index contributed by atoms with van der Waals surface area (Å²) in [6, 6.07) is 10.7. The van der Waals surface area contributed by atoms with Gasteiger partial charge in [0.25, 0.3) is 5.91 Å². The fourth-order valence-electron chi connectivity index (χ4n) is 2.87. The highest BCUT2D eigenvalue weighted by molar-refractivity contribution is 5.95. The van der Waals surface area contributed by atoms with E-state index in [1.54, 1.807) is 35.1 Å². The van der Waals surface area contributed by atoms with Gasteiger partial charge in [-0.05, 0) is 24.6 Å². The van der Waals surface area contributed by atoms with Crippen LogP contribution in [0.2, 0.25) is 0 Å². The number of ether oxygens (including phenoxy) is 1. The summed E-state index contributed by atoms with van der Waals surface area (Å²) < 4.78 is 6.90. The average molecular weight is 366 g/mol. The lowest BCUT2D eigenvalue weighted by Crippen LogP contribution is -2.29. The largest absolute Gasteiger partial charge is 0.481 e. The Morgan fingerprint density at radius 3 is 2.78 bits per heavy atom. The lowest BCUT2D eigenvalue weighted by Gasteiger charge is -2.17. The summed E-state index contributed by atoms with van der Waals surface area (Å²) in [6.07, 6.45) is 2.47. The number of aryl methyl sites for hydroxylation is 1. The number of amides is 1. The monoisotopic (exact) mass is 366 g/mol. The van der Waals surface area contributed by atoms with Crippen molar-refractivity contribution in [1.29, 1.82) is 0 Å². The van der Waals surface area contributed by atoms with Gasteiger partial charge in [-0.1, -0.05) is 19.1 Å². The minimum absolute atomic E-state index is 0.112. The summed E-state index contributed by atoms with van der Waals surface area (Å²) in [7, 11) is 3.37. The van der Waals surface area contributed by atoms with Crippen molar-refractivity contribution in [2.45, 2.75) is 19.4 Å². The van der Waals surface area contributed by atoms with E-state index in [9.17, 15) is 4.79 Å². The molecule has 3 aromatic rings. The van der Waals surface area contributed by atoms with E-state index < -0.39 is 0 Å². The molecule has 27 heavy (non-hydrogen) atoms. The van der Waals surface area contributed by atoms with Gasteiger partial charge in [0.15, 0.2) is 0 Å². The first-order chi connectivity index (χ1) is 13.0. The predicted molar refractivity (Wildman–Crippen MR) is 102 cm³/mol. The van der Waals surface area contributed by atoms with Crippen LogP contribution in [-0.2, 0) is 7.05 Å². The Hall–Kier alpha value is -3.42. The Bertz CT molecular complexity index is 953. The lowest BCUT2D eigenvalue weighted by molar-refractivity contribution is 0.0934. The third kappa shape index (κ3) is 4.05. The van der Waals surface area contributed by atoms with Gasteiger partial charge in [0.2, 0.25) is 11.8 Å². The van der Waals surface area contributed by atoms with Crippen LogP contribution in [0.5, 0.6) is 5.88 Å². The minimum atomic E-state index is -0.168. The highest BCUT2D eigenvalue weighted by Gasteiger charge is 2.17. The van der Waals surface area contributed by atoms with Crippen LogP contribution in [0.3, 0.4) is 0 Å². The summed E-state index contributed by atoms with van der Waals surface area (Å²) >= 11 is 0. The Balaban J connectivity index is 1.86. The molecule has 1 aromatic carbocycles. The second-order valence-electron chi connectivity index (χ2n) is 6.05. The average Bonchev–Trinajstić information content (AvgIpc) is 3.11. The molecule has 3 rings (SSSR count). The van der Waals surface area contributed by atoms with Gasteiger partial charge in [0.1, 0.15) is 0 Å². The second kappa shape index (κ2) is 7.86. The Kier molecular flexibility index (Phi) is 5.35. The Labute approximate surface area is 157 Å². The van der Waals surface area contributed by atoms with Gasteiger partial charge in [-0.25, -0.2) is 4.98 Å². The maximum absolute atomic E-state index is 12.8. The zero-order valence-corrected chi connectivity index (χ0v) is 15.5. The van der Waals surface area contributed by atoms with Gasteiger partial charge in [-0.2, -0.15) is 10.1 Å². The van der Waals surface area contributed by atoms with E-state index in [1.165, 1.54) is 7.11 Å². The third-order valence-electron chi connectivity index (χ3n) is 4.28. The van der Waals surface area contributed by atoms with Crippen molar-refractivity contribution >= 4 is 11.9 Å². The molecule has 8 nitrogen and oxygen atoms in total. The molecule has 1 amide bonds. The summed E-state index contributed by atoms with van der Waals surface area (Å²) in [6.45, 7) is 2.02. The van der Waals surface area contributed by atoms with Crippen molar-refractivity contribution in [3.05, 3.63) is 53.9 Å². The highest BCUT2D eigenvalue weighted by atomic mass is 16.5. The number of aromatic nitrogens is 4. The molecule has 8 heteroatoms. The number of nitrogen functional groups attached to an aromatic ring is 1. The Morgan fingerprint density at radius 1 is 1.30 bits per heavy atom. The number of rotatable bonds is 6. The molecule has 0 saturated carbocycles. The molecule has 0 aliphatic carbocycles. The molecular weight excluding hydrogens is 344 g/mol. The number of carbonyl (C=O) groups excluding carboxylic acids is 1. The van der Waals surface area contributed by atoms with Gasteiger partial charge in [-0.15, -0.1) is 0 Å². The molecule has 0 radical (unpaired) electrons. The van der Waals surface area contributed by atoms with Gasteiger partial charge in [0, 0.05) is 30.4 Å². The van der Waals surface area contributed by atoms with Crippen LogP contribution in [0.25, 0.3) is 11.3 Å². The van der Waals surface area contributed by atoms with Gasteiger partial charge >= 0.3 is 0 Å². The summed E-state index contributed by atoms with van der Waals surface area (Å²) in [4.78, 5) is 21.0. The van der Waals surface area contributed by atoms with Crippen molar-refractivity contribution < 1.29 is 9.53 Å². The third-order valence-corrected chi connectivity index (χ3v) is 4.28. The van der Waals surface area contributed by atoms with Crippen LogP contribution in [-0.4, -0.2) is 32.8 Å². The molecule has 0 unspecified atom stereocenters. The maximum Gasteiger partial charge on any atom is 0.251 e. The van der Waals surface area contributed by atoms with Crippen molar-refractivity contribution in [1.82, 2.24) is 25.1 Å². The molecule has 0 aliphatic rings. The number of hydrogen-bond donors (Lipinski definition) is 2. The van der Waals surface area contributed by atoms with Crippen molar-refractivity contribution in [3.63, 3.8) is 0 Å². The van der Waals surface area contributed by atoms with E-state index in [-0.39, 0.29) is 17.9 Å². The minimum Gasteiger partial charge on any atom is -0.481 e. The standard InChI is InChI=1S/C19H22N6O2/c1-4-14(16-8-9-21-25(16)2)22-18(26)13-7-5-6-12(10-13)15-11-17(27-3)24-19(20)23-15/h5-11,14H,4H2,1-3H3,(H,22,26)(H2,20,23,24)/t14-/m1/s1. The van der Waals surface area contributed by atoms with Gasteiger partial charge in [0.05, 0.1) is 24.5 Å². The molecule has 0 spiro atoms. The first-order valence-electron chi connectivity index (χ1n) is 8.59. The molecule has 1 atom stereocenters. The SMILES string of the molecule is CC[C@@H](NC(=O)c1cccc(-c2cc(OC)nc(N)n2)c1)c1ccnn1C. The Morgan fingerprint density at radius 2 is 2.11 bits per heavy atom. The summed E-state index contributed by atoms with van der Waals surface area (Å²) in [5.41, 5.74) is 8.56. The fourth-order valence-corrected chi connectivity index (χ4v) is 2.87. The number of hydrogen-bond acceptors (Lipinski definition) is 6. The van der Waals surface area contributed by atoms with Crippen LogP contribution in [0, 0.1) is 0 Å².